The molecule has 1 amide bonds. The molecule has 3 heterocycles. The molecule has 4 rings (SSSR count). The summed E-state index contributed by atoms with van der Waals surface area (Å²) in [7, 11) is 0. The number of amides is 1. The van der Waals surface area contributed by atoms with E-state index in [9.17, 15) is 4.79 Å². The van der Waals surface area contributed by atoms with E-state index in [1.807, 2.05) is 17.0 Å². The Hall–Kier alpha value is -1.75. The van der Waals surface area contributed by atoms with Gasteiger partial charge in [-0.3, -0.25) is 4.79 Å². The number of hydrogen-bond donors (Lipinski definition) is 1. The van der Waals surface area contributed by atoms with Crippen LogP contribution in [-0.4, -0.2) is 43.8 Å². The first-order chi connectivity index (χ1) is 9.26. The van der Waals surface area contributed by atoms with Crippen LogP contribution in [0.5, 0.6) is 11.5 Å². The van der Waals surface area contributed by atoms with Crippen molar-refractivity contribution in [3.05, 3.63) is 23.8 Å². The monoisotopic (exact) mass is 260 g/mol. The molecule has 5 nitrogen and oxygen atoms in total. The summed E-state index contributed by atoms with van der Waals surface area (Å²) in [5.41, 5.74) is 1.02. The molecular formula is C14H16N2O3. The molecule has 0 aliphatic carbocycles. The highest BCUT2D eigenvalue weighted by Gasteiger charge is 2.46. The van der Waals surface area contributed by atoms with Gasteiger partial charge in [0.15, 0.2) is 11.5 Å². The van der Waals surface area contributed by atoms with Gasteiger partial charge < -0.3 is 19.7 Å². The first-order valence-electron chi connectivity index (χ1n) is 6.66. The van der Waals surface area contributed by atoms with Gasteiger partial charge in [-0.25, -0.2) is 0 Å². The van der Waals surface area contributed by atoms with Crippen LogP contribution in [0.2, 0.25) is 0 Å². The Kier molecular flexibility index (Phi) is 2.26. The zero-order chi connectivity index (χ0) is 12.9. The van der Waals surface area contributed by atoms with Crippen LogP contribution in [0.15, 0.2) is 18.2 Å². The van der Waals surface area contributed by atoms with Gasteiger partial charge in [-0.05, 0) is 31.2 Å². The summed E-state index contributed by atoms with van der Waals surface area (Å²) in [6.07, 6.45) is 1.18. The normalized spacial score (nSPS) is 22.6. The lowest BCUT2D eigenvalue weighted by Crippen LogP contribution is -2.59. The Morgan fingerprint density at radius 2 is 2.11 bits per heavy atom. The van der Waals surface area contributed by atoms with Crippen molar-refractivity contribution in [2.75, 3.05) is 33.0 Å². The summed E-state index contributed by atoms with van der Waals surface area (Å²) in [4.78, 5) is 14.3. The van der Waals surface area contributed by atoms with Gasteiger partial charge in [-0.15, -0.1) is 0 Å². The molecule has 2 saturated heterocycles. The summed E-state index contributed by atoms with van der Waals surface area (Å²) >= 11 is 0. The smallest absolute Gasteiger partial charge is 0.254 e. The fourth-order valence-corrected chi connectivity index (χ4v) is 3.18. The molecule has 5 heteroatoms. The maximum absolute atomic E-state index is 12.4. The van der Waals surface area contributed by atoms with Crippen molar-refractivity contribution in [1.29, 1.82) is 0 Å². The molecule has 2 fully saturated rings. The van der Waals surface area contributed by atoms with Crippen LogP contribution < -0.4 is 14.8 Å². The Labute approximate surface area is 111 Å². The average Bonchev–Trinajstić information content (AvgIpc) is 3.04. The largest absolute Gasteiger partial charge is 0.454 e. The highest BCUT2D eigenvalue weighted by molar-refractivity contribution is 5.95. The van der Waals surface area contributed by atoms with Gasteiger partial charge in [0.25, 0.3) is 5.91 Å². The molecule has 0 aromatic heterocycles. The molecule has 3 aliphatic rings. The van der Waals surface area contributed by atoms with E-state index in [0.717, 1.165) is 31.9 Å². The molecule has 0 bridgehead atoms. The van der Waals surface area contributed by atoms with E-state index in [1.165, 1.54) is 6.42 Å². The predicted octanol–water partition coefficient (Wildman–Crippen LogP) is 0.851. The zero-order valence-corrected chi connectivity index (χ0v) is 10.6. The van der Waals surface area contributed by atoms with Crippen molar-refractivity contribution in [3.8, 4) is 11.5 Å². The Balaban J connectivity index is 1.49. The third kappa shape index (κ3) is 1.69. The van der Waals surface area contributed by atoms with Crippen molar-refractivity contribution < 1.29 is 14.3 Å². The molecular weight excluding hydrogens is 244 g/mol. The van der Waals surface area contributed by atoms with E-state index >= 15 is 0 Å². The summed E-state index contributed by atoms with van der Waals surface area (Å²) in [5.74, 6) is 1.48. The average molecular weight is 260 g/mol. The van der Waals surface area contributed by atoms with E-state index in [1.54, 1.807) is 6.07 Å². The van der Waals surface area contributed by atoms with E-state index in [4.69, 9.17) is 9.47 Å². The van der Waals surface area contributed by atoms with Crippen molar-refractivity contribution in [2.24, 2.45) is 5.41 Å². The van der Waals surface area contributed by atoms with E-state index in [0.29, 0.717) is 16.7 Å². The van der Waals surface area contributed by atoms with Gasteiger partial charge in [-0.1, -0.05) is 0 Å². The Morgan fingerprint density at radius 1 is 1.26 bits per heavy atom. The van der Waals surface area contributed by atoms with Crippen molar-refractivity contribution in [3.63, 3.8) is 0 Å². The number of benzene rings is 1. The van der Waals surface area contributed by atoms with Crippen LogP contribution in [0.1, 0.15) is 16.8 Å². The number of carbonyl (C=O) groups excluding carboxylic acids is 1. The molecule has 0 unspecified atom stereocenters. The van der Waals surface area contributed by atoms with Crippen LogP contribution in [0.4, 0.5) is 0 Å². The quantitative estimate of drug-likeness (QED) is 0.813. The number of fused-ring (bicyclic) bond motifs is 1. The van der Waals surface area contributed by atoms with E-state index in [-0.39, 0.29) is 12.7 Å². The maximum Gasteiger partial charge on any atom is 0.254 e. The molecule has 0 atom stereocenters. The number of hydrogen-bond acceptors (Lipinski definition) is 4. The highest BCUT2D eigenvalue weighted by atomic mass is 16.7. The van der Waals surface area contributed by atoms with Crippen LogP contribution in [-0.2, 0) is 0 Å². The minimum Gasteiger partial charge on any atom is -0.454 e. The molecule has 100 valence electrons. The summed E-state index contributed by atoms with van der Waals surface area (Å²) in [6, 6.07) is 5.40. The van der Waals surface area contributed by atoms with Gasteiger partial charge in [0.1, 0.15) is 0 Å². The number of ether oxygens (including phenoxy) is 2. The molecule has 1 spiro atoms. The molecule has 1 aromatic rings. The second-order valence-electron chi connectivity index (χ2n) is 5.66. The Bertz CT molecular complexity index is 529. The minimum absolute atomic E-state index is 0.0934. The lowest BCUT2D eigenvalue weighted by Gasteiger charge is -2.47. The molecule has 0 saturated carbocycles. The fourth-order valence-electron chi connectivity index (χ4n) is 3.18. The minimum atomic E-state index is 0.0934. The maximum atomic E-state index is 12.4. The van der Waals surface area contributed by atoms with Gasteiger partial charge in [0.05, 0.1) is 0 Å². The second-order valence-corrected chi connectivity index (χ2v) is 5.66. The third-order valence-corrected chi connectivity index (χ3v) is 4.29. The van der Waals surface area contributed by atoms with Gasteiger partial charge in [0, 0.05) is 30.6 Å². The SMILES string of the molecule is O=C(c1ccc2c(c1)OCO2)N1CC2(CCNC2)C1. The standard InChI is InChI=1S/C14H16N2O3/c17-13(16-7-14(8-16)3-4-15-6-14)10-1-2-11-12(5-10)19-9-18-11/h1-2,5,15H,3-4,6-9H2. The lowest BCUT2D eigenvalue weighted by atomic mass is 9.79. The fraction of sp³-hybridized carbons (Fsp3) is 0.500. The molecule has 0 radical (unpaired) electrons. The molecule has 1 N–H and O–H groups in total. The zero-order valence-electron chi connectivity index (χ0n) is 10.6. The van der Waals surface area contributed by atoms with Crippen LogP contribution in [0.25, 0.3) is 0 Å². The first kappa shape index (κ1) is 11.1. The first-order valence-corrected chi connectivity index (χ1v) is 6.66. The number of nitrogens with one attached hydrogen (secondary N) is 1. The van der Waals surface area contributed by atoms with Crippen molar-refractivity contribution >= 4 is 5.91 Å². The number of rotatable bonds is 1. The van der Waals surface area contributed by atoms with Gasteiger partial charge >= 0.3 is 0 Å². The topological polar surface area (TPSA) is 50.8 Å². The Morgan fingerprint density at radius 3 is 2.89 bits per heavy atom. The highest BCUT2D eigenvalue weighted by Crippen LogP contribution is 2.38. The molecule has 3 aliphatic heterocycles. The third-order valence-electron chi connectivity index (χ3n) is 4.29. The van der Waals surface area contributed by atoms with Crippen LogP contribution >= 0.6 is 0 Å². The van der Waals surface area contributed by atoms with Crippen molar-refractivity contribution in [2.45, 2.75) is 6.42 Å². The van der Waals surface area contributed by atoms with Crippen LogP contribution in [0, 0.1) is 5.41 Å². The van der Waals surface area contributed by atoms with Crippen LogP contribution in [0.3, 0.4) is 0 Å². The predicted molar refractivity (Wildman–Crippen MR) is 68.4 cm³/mol. The summed E-state index contributed by atoms with van der Waals surface area (Å²) in [5, 5.41) is 3.37. The second kappa shape index (κ2) is 3.87. The van der Waals surface area contributed by atoms with E-state index in [2.05, 4.69) is 5.32 Å². The number of carbonyl (C=O) groups is 1. The van der Waals surface area contributed by atoms with Crippen molar-refractivity contribution in [1.82, 2.24) is 10.2 Å². The molecule has 1 aromatic carbocycles. The van der Waals surface area contributed by atoms with Gasteiger partial charge in [-0.2, -0.15) is 0 Å². The molecule has 19 heavy (non-hydrogen) atoms. The summed E-state index contributed by atoms with van der Waals surface area (Å²) in [6.45, 7) is 4.09. The number of likely N-dealkylation sites (tertiary alicyclic amines) is 1. The summed E-state index contributed by atoms with van der Waals surface area (Å²) < 4.78 is 10.6. The van der Waals surface area contributed by atoms with E-state index < -0.39 is 0 Å². The number of nitrogens with zero attached hydrogens (tertiary/aromatic N) is 1. The lowest BCUT2D eigenvalue weighted by molar-refractivity contribution is 0.0159. The van der Waals surface area contributed by atoms with Gasteiger partial charge in [0.2, 0.25) is 6.79 Å².